The lowest BCUT2D eigenvalue weighted by Crippen LogP contribution is -2.46. The van der Waals surface area contributed by atoms with E-state index in [-0.39, 0.29) is 31.4 Å². The van der Waals surface area contributed by atoms with Crippen LogP contribution in [-0.4, -0.2) is 37.2 Å². The average Bonchev–Trinajstić information content (AvgIpc) is 2.91. The topological polar surface area (TPSA) is 127 Å². The molecule has 196 valence electrons. The molecule has 11 heteroatoms. The van der Waals surface area contributed by atoms with Gasteiger partial charge in [0.25, 0.3) is 0 Å². The Labute approximate surface area is 223 Å². The average molecular weight is 540 g/mol. The first-order chi connectivity index (χ1) is 18.3. The highest BCUT2D eigenvalue weighted by Gasteiger charge is 2.24. The number of nitrogens with zero attached hydrogens (tertiary/aromatic N) is 1. The fourth-order valence-corrected chi connectivity index (χ4v) is 3.31. The third-order valence-electron chi connectivity index (χ3n) is 4.98. The molecule has 3 aromatic rings. The largest absolute Gasteiger partial charge is 0.489 e. The van der Waals surface area contributed by atoms with Gasteiger partial charge in [-0.1, -0.05) is 48.0 Å². The highest BCUT2D eigenvalue weighted by molar-refractivity contribution is 6.32. The first kappa shape index (κ1) is 28.0. The summed E-state index contributed by atoms with van der Waals surface area (Å²) in [6.07, 6.45) is -0.827. The van der Waals surface area contributed by atoms with Crippen LogP contribution in [0.2, 0.25) is 5.02 Å². The van der Waals surface area contributed by atoms with Gasteiger partial charge in [-0.3, -0.25) is 4.79 Å². The smallest absolute Gasteiger partial charge is 0.408 e. The van der Waals surface area contributed by atoms with Gasteiger partial charge in [0.2, 0.25) is 5.91 Å². The summed E-state index contributed by atoms with van der Waals surface area (Å²) in [7, 11) is 0. The van der Waals surface area contributed by atoms with Gasteiger partial charge < -0.3 is 24.8 Å². The first-order valence-corrected chi connectivity index (χ1v) is 11.7. The number of rotatable bonds is 11. The van der Waals surface area contributed by atoms with Crippen LogP contribution in [0, 0.1) is 17.1 Å². The molecule has 0 saturated carbocycles. The minimum Gasteiger partial charge on any atom is -0.489 e. The van der Waals surface area contributed by atoms with E-state index in [9.17, 15) is 18.8 Å². The van der Waals surface area contributed by atoms with Gasteiger partial charge in [0.15, 0.2) is 12.6 Å². The Hall–Kier alpha value is -4.62. The number of nitriles is 1. The highest BCUT2D eigenvalue weighted by Crippen LogP contribution is 2.23. The Balaban J connectivity index is 1.49. The van der Waals surface area contributed by atoms with E-state index >= 15 is 0 Å². The molecule has 2 amide bonds. The number of amides is 2. The SMILES string of the molecule is N#CCOC(=O)[C@H](COc1ccccc1Cl)NC(=O)OCc1ccc(NC(=O)Cc2ccc(F)cc2)cc1. The summed E-state index contributed by atoms with van der Waals surface area (Å²) in [5.74, 6) is -1.22. The zero-order chi connectivity index (χ0) is 27.3. The maximum Gasteiger partial charge on any atom is 0.408 e. The van der Waals surface area contributed by atoms with Gasteiger partial charge in [-0.2, -0.15) is 5.26 Å². The molecule has 0 heterocycles. The quantitative estimate of drug-likeness (QED) is 0.346. The van der Waals surface area contributed by atoms with Crippen LogP contribution in [0.25, 0.3) is 0 Å². The van der Waals surface area contributed by atoms with Crippen molar-refractivity contribution in [3.05, 3.63) is 94.8 Å². The number of halogens is 2. The molecule has 38 heavy (non-hydrogen) atoms. The van der Waals surface area contributed by atoms with Gasteiger partial charge in [0.1, 0.15) is 30.8 Å². The predicted molar refractivity (Wildman–Crippen MR) is 136 cm³/mol. The third kappa shape index (κ3) is 9.11. The molecule has 1 atom stereocenters. The maximum absolute atomic E-state index is 13.0. The molecule has 0 saturated heterocycles. The second-order valence-corrected chi connectivity index (χ2v) is 8.24. The van der Waals surface area contributed by atoms with Gasteiger partial charge >= 0.3 is 12.1 Å². The zero-order valence-corrected chi connectivity index (χ0v) is 20.7. The predicted octanol–water partition coefficient (Wildman–Crippen LogP) is 4.40. The molecule has 0 aliphatic heterocycles. The van der Waals surface area contributed by atoms with Crippen molar-refractivity contribution in [1.29, 1.82) is 5.26 Å². The first-order valence-electron chi connectivity index (χ1n) is 11.3. The Morgan fingerprint density at radius 3 is 2.32 bits per heavy atom. The van der Waals surface area contributed by atoms with Gasteiger partial charge in [0.05, 0.1) is 11.4 Å². The third-order valence-corrected chi connectivity index (χ3v) is 5.30. The molecule has 3 aromatic carbocycles. The highest BCUT2D eigenvalue weighted by atomic mass is 35.5. The van der Waals surface area contributed by atoms with Crippen molar-refractivity contribution in [2.45, 2.75) is 19.1 Å². The van der Waals surface area contributed by atoms with Gasteiger partial charge in [0, 0.05) is 5.69 Å². The molecule has 0 bridgehead atoms. The van der Waals surface area contributed by atoms with E-state index in [0.717, 1.165) is 0 Å². The number of esters is 1. The minimum atomic E-state index is -1.26. The lowest BCUT2D eigenvalue weighted by atomic mass is 10.1. The zero-order valence-electron chi connectivity index (χ0n) is 20.0. The number of benzene rings is 3. The number of anilines is 1. The summed E-state index contributed by atoms with van der Waals surface area (Å²) in [6, 6.07) is 19.2. The number of alkyl carbamates (subject to hydrolysis) is 1. The van der Waals surface area contributed by atoms with Crippen molar-refractivity contribution < 1.29 is 33.0 Å². The number of hydrogen-bond acceptors (Lipinski definition) is 7. The normalized spacial score (nSPS) is 11.0. The van der Waals surface area contributed by atoms with E-state index in [4.69, 9.17) is 31.1 Å². The summed E-state index contributed by atoms with van der Waals surface area (Å²) in [6.45, 7) is -0.929. The van der Waals surface area contributed by atoms with E-state index in [1.54, 1.807) is 54.6 Å². The Morgan fingerprint density at radius 1 is 0.947 bits per heavy atom. The maximum atomic E-state index is 13.0. The van der Waals surface area contributed by atoms with E-state index < -0.39 is 24.7 Å². The monoisotopic (exact) mass is 539 g/mol. The van der Waals surface area contributed by atoms with E-state index in [2.05, 4.69) is 10.6 Å². The molecule has 0 spiro atoms. The minimum absolute atomic E-state index is 0.0868. The summed E-state index contributed by atoms with van der Waals surface area (Å²) < 4.78 is 28.5. The van der Waals surface area contributed by atoms with Gasteiger partial charge in [-0.05, 0) is 47.5 Å². The summed E-state index contributed by atoms with van der Waals surface area (Å²) in [5.41, 5.74) is 1.82. The number of ether oxygens (including phenoxy) is 3. The molecule has 9 nitrogen and oxygen atoms in total. The summed E-state index contributed by atoms with van der Waals surface area (Å²) >= 11 is 6.04. The molecule has 0 unspecified atom stereocenters. The second-order valence-electron chi connectivity index (χ2n) is 7.83. The molecule has 0 radical (unpaired) electrons. The Kier molecular flexibility index (Phi) is 10.5. The van der Waals surface area contributed by atoms with Crippen molar-refractivity contribution in [3.63, 3.8) is 0 Å². The standard InChI is InChI=1S/C27H23ClFN3O6/c28-22-3-1-2-4-24(22)37-17-23(26(34)36-14-13-30)32-27(35)38-16-19-7-11-21(12-8-19)31-25(33)15-18-5-9-20(29)10-6-18/h1-12,23H,14-17H2,(H,31,33)(H,32,35)/t23-/m0/s1. The Morgan fingerprint density at radius 2 is 1.63 bits per heavy atom. The van der Waals surface area contributed by atoms with Crippen LogP contribution in [0.1, 0.15) is 11.1 Å². The van der Waals surface area contributed by atoms with Crippen molar-refractivity contribution in [2.75, 3.05) is 18.5 Å². The number of carbonyl (C=O) groups excluding carboxylic acids is 3. The summed E-state index contributed by atoms with van der Waals surface area (Å²) in [4.78, 5) is 36.8. The van der Waals surface area contributed by atoms with Crippen LogP contribution in [0.4, 0.5) is 14.9 Å². The molecule has 0 fully saturated rings. The van der Waals surface area contributed by atoms with Crippen molar-refractivity contribution in [3.8, 4) is 11.8 Å². The van der Waals surface area contributed by atoms with Gasteiger partial charge in [-0.25, -0.2) is 14.0 Å². The number of para-hydroxylation sites is 1. The number of carbonyl (C=O) groups is 3. The van der Waals surface area contributed by atoms with Crippen molar-refractivity contribution in [1.82, 2.24) is 5.32 Å². The van der Waals surface area contributed by atoms with Crippen molar-refractivity contribution in [2.24, 2.45) is 0 Å². The van der Waals surface area contributed by atoms with Crippen LogP contribution in [0.15, 0.2) is 72.8 Å². The van der Waals surface area contributed by atoms with Crippen LogP contribution in [0.5, 0.6) is 5.75 Å². The van der Waals surface area contributed by atoms with Crippen LogP contribution in [0.3, 0.4) is 0 Å². The lowest BCUT2D eigenvalue weighted by Gasteiger charge is -2.18. The van der Waals surface area contributed by atoms with Crippen LogP contribution in [-0.2, 0) is 32.1 Å². The van der Waals surface area contributed by atoms with Crippen molar-refractivity contribution >= 4 is 35.3 Å². The molecule has 0 aliphatic carbocycles. The van der Waals surface area contributed by atoms with Crippen LogP contribution >= 0.6 is 11.6 Å². The lowest BCUT2D eigenvalue weighted by molar-refractivity contribution is -0.145. The van der Waals surface area contributed by atoms with E-state index in [1.165, 1.54) is 24.3 Å². The molecule has 3 rings (SSSR count). The van der Waals surface area contributed by atoms with E-state index in [1.807, 2.05) is 0 Å². The molecule has 2 N–H and O–H groups in total. The molecular weight excluding hydrogens is 517 g/mol. The Bertz CT molecular complexity index is 1300. The fraction of sp³-hybridized carbons (Fsp3) is 0.185. The van der Waals surface area contributed by atoms with Gasteiger partial charge in [-0.15, -0.1) is 0 Å². The second kappa shape index (κ2) is 14.2. The van der Waals surface area contributed by atoms with E-state index in [0.29, 0.717) is 27.6 Å². The number of nitrogens with one attached hydrogen (secondary N) is 2. The molecule has 0 aliphatic rings. The summed E-state index contributed by atoms with van der Waals surface area (Å²) in [5, 5.41) is 14.1. The molecular formula is C27H23ClFN3O6. The fourth-order valence-electron chi connectivity index (χ4n) is 3.12. The van der Waals surface area contributed by atoms with Crippen LogP contribution < -0.4 is 15.4 Å². The molecule has 0 aromatic heterocycles. The number of hydrogen-bond donors (Lipinski definition) is 2.